The van der Waals surface area contributed by atoms with Gasteiger partial charge in [0.2, 0.25) is 6.10 Å². The molecule has 2 fully saturated rings. The maximum atomic E-state index is 13.4. The lowest BCUT2D eigenvalue weighted by Crippen LogP contribution is -2.46. The first-order chi connectivity index (χ1) is 18.9. The molecule has 2 aliphatic rings. The number of hydrogen-bond acceptors (Lipinski definition) is 9. The molecular weight excluding hydrogens is 502 g/mol. The predicted octanol–water partition coefficient (Wildman–Crippen LogP) is 3.37. The molecule has 0 unspecified atom stereocenters. The lowest BCUT2D eigenvalue weighted by Gasteiger charge is -2.28. The molecule has 10 nitrogen and oxygen atoms in total. The Morgan fingerprint density at radius 1 is 1.03 bits per heavy atom. The number of morpholine rings is 1. The molecule has 0 bridgehead atoms. The molecular formula is C29H37N3O7. The minimum absolute atomic E-state index is 0.0518. The topological polar surface area (TPSA) is 108 Å². The Morgan fingerprint density at radius 3 is 2.41 bits per heavy atom. The van der Waals surface area contributed by atoms with E-state index in [0.29, 0.717) is 25.6 Å². The summed E-state index contributed by atoms with van der Waals surface area (Å²) in [4.78, 5) is 46.9. The minimum atomic E-state index is -1.20. The van der Waals surface area contributed by atoms with Gasteiger partial charge in [0.25, 0.3) is 0 Å². The van der Waals surface area contributed by atoms with Crippen LogP contribution in [0, 0.1) is 5.92 Å². The molecule has 1 aliphatic carbocycles. The van der Waals surface area contributed by atoms with Crippen molar-refractivity contribution in [2.75, 3.05) is 44.9 Å². The fourth-order valence-electron chi connectivity index (χ4n) is 4.38. The second-order valence-electron chi connectivity index (χ2n) is 9.85. The summed E-state index contributed by atoms with van der Waals surface area (Å²) in [5.41, 5.74) is 1.54. The van der Waals surface area contributed by atoms with Gasteiger partial charge in [0, 0.05) is 32.8 Å². The molecule has 1 aliphatic heterocycles. The van der Waals surface area contributed by atoms with Gasteiger partial charge in [0.15, 0.2) is 0 Å². The molecule has 1 amide bonds. The standard InChI is InChI=1S/C29H37N3O7/c1-3-37-29(35)31(2)24(17-21-9-10-21)27(33)39-25(28(34)38-20-22-7-5-4-6-8-22)18-23-11-12-26(30-19-23)32-13-15-36-16-14-32/h4-8,11-12,19,21,24-25H,3,9-10,13-18,20H2,1-2H3/t24-,25+/m0/s1. The first kappa shape index (κ1) is 28.4. The zero-order valence-electron chi connectivity index (χ0n) is 22.6. The number of anilines is 1. The lowest BCUT2D eigenvalue weighted by molar-refractivity contribution is -0.171. The van der Waals surface area contributed by atoms with Crippen LogP contribution < -0.4 is 4.90 Å². The van der Waals surface area contributed by atoms with E-state index in [9.17, 15) is 14.4 Å². The second-order valence-corrected chi connectivity index (χ2v) is 9.85. The highest BCUT2D eigenvalue weighted by Gasteiger charge is 2.38. The van der Waals surface area contributed by atoms with E-state index < -0.39 is 30.2 Å². The van der Waals surface area contributed by atoms with Crippen molar-refractivity contribution in [2.45, 2.75) is 51.4 Å². The van der Waals surface area contributed by atoms with Gasteiger partial charge >= 0.3 is 18.0 Å². The Kier molecular flexibility index (Phi) is 10.1. The first-order valence-corrected chi connectivity index (χ1v) is 13.5. The van der Waals surface area contributed by atoms with Gasteiger partial charge in [0.05, 0.1) is 19.8 Å². The maximum absolute atomic E-state index is 13.4. The monoisotopic (exact) mass is 539 g/mol. The summed E-state index contributed by atoms with van der Waals surface area (Å²) >= 11 is 0. The Hall–Kier alpha value is -3.66. The number of aromatic nitrogens is 1. The highest BCUT2D eigenvalue weighted by molar-refractivity contribution is 5.84. The van der Waals surface area contributed by atoms with Gasteiger partial charge in [-0.1, -0.05) is 49.2 Å². The molecule has 2 heterocycles. The number of benzene rings is 1. The van der Waals surface area contributed by atoms with E-state index in [1.807, 2.05) is 42.5 Å². The molecule has 1 aromatic heterocycles. The zero-order valence-corrected chi connectivity index (χ0v) is 22.6. The molecule has 1 saturated carbocycles. The van der Waals surface area contributed by atoms with Crippen LogP contribution >= 0.6 is 0 Å². The summed E-state index contributed by atoms with van der Waals surface area (Å²) in [5.74, 6) is -0.159. The summed E-state index contributed by atoms with van der Waals surface area (Å²) < 4.78 is 21.8. The number of likely N-dealkylation sites (N-methyl/N-ethyl adjacent to an activating group) is 1. The predicted molar refractivity (Wildman–Crippen MR) is 143 cm³/mol. The number of nitrogens with zero attached hydrogens (tertiary/aromatic N) is 3. The molecule has 4 rings (SSSR count). The fourth-order valence-corrected chi connectivity index (χ4v) is 4.38. The van der Waals surface area contributed by atoms with E-state index in [4.69, 9.17) is 18.9 Å². The Morgan fingerprint density at radius 2 is 1.77 bits per heavy atom. The van der Waals surface area contributed by atoms with Gasteiger partial charge in [-0.3, -0.25) is 4.90 Å². The van der Waals surface area contributed by atoms with Gasteiger partial charge < -0.3 is 23.8 Å². The Balaban J connectivity index is 1.47. The molecule has 1 saturated heterocycles. The summed E-state index contributed by atoms with van der Waals surface area (Å²) in [6, 6.07) is 12.2. The fraction of sp³-hybridized carbons (Fsp3) is 0.517. The van der Waals surface area contributed by atoms with Crippen LogP contribution in [0.2, 0.25) is 0 Å². The number of esters is 2. The van der Waals surface area contributed by atoms with Crippen molar-refractivity contribution >= 4 is 23.8 Å². The van der Waals surface area contributed by atoms with E-state index in [2.05, 4.69) is 9.88 Å². The van der Waals surface area contributed by atoms with Gasteiger partial charge in [-0.25, -0.2) is 19.4 Å². The lowest BCUT2D eigenvalue weighted by atomic mass is 10.1. The van der Waals surface area contributed by atoms with Gasteiger partial charge in [0.1, 0.15) is 18.5 Å². The highest BCUT2D eigenvalue weighted by Crippen LogP contribution is 2.35. The van der Waals surface area contributed by atoms with E-state index in [-0.39, 0.29) is 19.6 Å². The van der Waals surface area contributed by atoms with E-state index >= 15 is 0 Å². The first-order valence-electron chi connectivity index (χ1n) is 13.5. The summed E-state index contributed by atoms with van der Waals surface area (Å²) in [5, 5.41) is 0. The van der Waals surface area contributed by atoms with E-state index in [1.54, 1.807) is 13.1 Å². The number of amides is 1. The average Bonchev–Trinajstić information content (AvgIpc) is 3.80. The highest BCUT2D eigenvalue weighted by atomic mass is 16.6. The SMILES string of the molecule is CCOC(=O)N(C)[C@@H](CC1CC1)C(=O)O[C@H](Cc1ccc(N2CCOCC2)nc1)C(=O)OCc1ccccc1. The van der Waals surface area contributed by atoms with Crippen LogP contribution in [-0.4, -0.2) is 80.0 Å². The number of carbonyl (C=O) groups excluding carboxylic acids is 3. The molecule has 0 N–H and O–H groups in total. The average molecular weight is 540 g/mol. The molecule has 2 aromatic rings. The van der Waals surface area contributed by atoms with Crippen molar-refractivity contribution in [3.8, 4) is 0 Å². The quantitative estimate of drug-likeness (QED) is 0.296. The molecule has 1 aromatic carbocycles. The second kappa shape index (κ2) is 13.9. The van der Waals surface area contributed by atoms with Crippen LogP contribution in [0.15, 0.2) is 48.7 Å². The summed E-state index contributed by atoms with van der Waals surface area (Å²) in [6.07, 6.45) is 2.41. The van der Waals surface area contributed by atoms with Crippen molar-refractivity contribution in [1.82, 2.24) is 9.88 Å². The Bertz CT molecular complexity index is 1090. The van der Waals surface area contributed by atoms with Gasteiger partial charge in [-0.2, -0.15) is 0 Å². The third-order valence-corrected chi connectivity index (χ3v) is 6.86. The summed E-state index contributed by atoms with van der Waals surface area (Å²) in [6.45, 7) is 4.76. The van der Waals surface area contributed by atoms with Crippen LogP contribution in [0.25, 0.3) is 0 Å². The number of pyridine rings is 1. The van der Waals surface area contributed by atoms with Crippen LogP contribution in [0.1, 0.15) is 37.3 Å². The molecule has 10 heteroatoms. The van der Waals surface area contributed by atoms with Crippen molar-refractivity contribution < 1.29 is 33.3 Å². The van der Waals surface area contributed by atoms with Crippen LogP contribution in [0.4, 0.5) is 10.6 Å². The van der Waals surface area contributed by atoms with Crippen molar-refractivity contribution in [1.29, 1.82) is 0 Å². The minimum Gasteiger partial charge on any atom is -0.458 e. The number of rotatable bonds is 12. The molecule has 0 spiro atoms. The van der Waals surface area contributed by atoms with E-state index in [0.717, 1.165) is 42.9 Å². The molecule has 0 radical (unpaired) electrons. The number of ether oxygens (including phenoxy) is 4. The number of hydrogen-bond donors (Lipinski definition) is 0. The zero-order chi connectivity index (χ0) is 27.6. The third-order valence-electron chi connectivity index (χ3n) is 6.86. The Labute approximate surface area is 229 Å². The van der Waals surface area contributed by atoms with Crippen LogP contribution in [0.3, 0.4) is 0 Å². The normalized spacial score (nSPS) is 16.6. The number of carbonyl (C=O) groups is 3. The maximum Gasteiger partial charge on any atom is 0.410 e. The van der Waals surface area contributed by atoms with E-state index in [1.165, 1.54) is 11.9 Å². The van der Waals surface area contributed by atoms with Gasteiger partial charge in [-0.05, 0) is 36.5 Å². The van der Waals surface area contributed by atoms with Crippen molar-refractivity contribution in [2.24, 2.45) is 5.92 Å². The summed E-state index contributed by atoms with van der Waals surface area (Å²) in [7, 11) is 1.52. The molecule has 210 valence electrons. The van der Waals surface area contributed by atoms with Crippen LogP contribution in [0.5, 0.6) is 0 Å². The largest absolute Gasteiger partial charge is 0.458 e. The third kappa shape index (κ3) is 8.41. The van der Waals surface area contributed by atoms with Crippen LogP contribution in [-0.2, 0) is 41.6 Å². The molecule has 2 atom stereocenters. The smallest absolute Gasteiger partial charge is 0.410 e. The van der Waals surface area contributed by atoms with Gasteiger partial charge in [-0.15, -0.1) is 0 Å². The van der Waals surface area contributed by atoms with Crippen molar-refractivity contribution in [3.63, 3.8) is 0 Å². The van der Waals surface area contributed by atoms with Crippen molar-refractivity contribution in [3.05, 3.63) is 59.8 Å². The molecule has 39 heavy (non-hydrogen) atoms.